The highest BCUT2D eigenvalue weighted by molar-refractivity contribution is 6.33. The Labute approximate surface area is 109 Å². The Balaban J connectivity index is 2.47. The molecule has 0 saturated carbocycles. The summed E-state index contributed by atoms with van der Waals surface area (Å²) in [6.07, 6.45) is 4.98. The highest BCUT2D eigenvalue weighted by Crippen LogP contribution is 2.19. The number of hydrogen-bond acceptors (Lipinski definition) is 4. The summed E-state index contributed by atoms with van der Waals surface area (Å²) in [5.41, 5.74) is 2.72. The Kier molecular flexibility index (Phi) is 3.53. The number of fused-ring (bicyclic) bond motifs is 1. The number of allylic oxidation sites excluding steroid dienone is 3. The molecule has 0 spiro atoms. The van der Waals surface area contributed by atoms with E-state index >= 15 is 0 Å². The van der Waals surface area contributed by atoms with Gasteiger partial charge in [0.25, 0.3) is 0 Å². The molecule has 0 aromatic carbocycles. The molecule has 2 rings (SSSR count). The van der Waals surface area contributed by atoms with E-state index in [4.69, 9.17) is 11.6 Å². The first-order chi connectivity index (χ1) is 8.61. The van der Waals surface area contributed by atoms with Crippen molar-refractivity contribution in [3.8, 4) is 0 Å². The van der Waals surface area contributed by atoms with Gasteiger partial charge in [-0.1, -0.05) is 24.3 Å². The first-order valence-electron chi connectivity index (χ1n) is 5.34. The van der Waals surface area contributed by atoms with E-state index in [1.807, 2.05) is 19.9 Å². The van der Waals surface area contributed by atoms with E-state index in [0.717, 1.165) is 11.3 Å². The monoisotopic (exact) mass is 261 g/mol. The first-order valence-corrected chi connectivity index (χ1v) is 5.72. The molecule has 5 nitrogen and oxygen atoms in total. The van der Waals surface area contributed by atoms with Crippen molar-refractivity contribution in [1.82, 2.24) is 19.9 Å². The second-order valence-corrected chi connectivity index (χ2v) is 4.04. The van der Waals surface area contributed by atoms with Crippen LogP contribution in [0.4, 0.5) is 0 Å². The smallest absolute Gasteiger partial charge is 0.162 e. The lowest BCUT2D eigenvalue weighted by atomic mass is 10.2. The third-order valence-electron chi connectivity index (χ3n) is 2.25. The fraction of sp³-hybridized carbons (Fsp3) is 0.167. The molecule has 0 saturated heterocycles. The molecule has 0 aliphatic rings. The van der Waals surface area contributed by atoms with Crippen LogP contribution in [-0.2, 0) is 0 Å². The predicted octanol–water partition coefficient (Wildman–Crippen LogP) is 3.01. The molecule has 2 aromatic heterocycles. The fourth-order valence-corrected chi connectivity index (χ4v) is 1.56. The molecule has 0 radical (unpaired) electrons. The van der Waals surface area contributed by atoms with Crippen molar-refractivity contribution < 1.29 is 0 Å². The lowest BCUT2D eigenvalue weighted by Crippen LogP contribution is -1.88. The van der Waals surface area contributed by atoms with E-state index in [-0.39, 0.29) is 0 Å². The van der Waals surface area contributed by atoms with Crippen LogP contribution in [0.15, 0.2) is 29.7 Å². The summed E-state index contributed by atoms with van der Waals surface area (Å²) in [4.78, 5) is 19.5. The van der Waals surface area contributed by atoms with Crippen molar-refractivity contribution in [1.29, 1.82) is 0 Å². The second kappa shape index (κ2) is 5.10. The van der Waals surface area contributed by atoms with Crippen LogP contribution in [0.25, 0.3) is 16.7 Å². The maximum atomic E-state index is 5.94. The molecule has 0 bridgehead atoms. The minimum atomic E-state index is 0.329. The van der Waals surface area contributed by atoms with E-state index in [0.29, 0.717) is 22.1 Å². The summed E-state index contributed by atoms with van der Waals surface area (Å²) in [5.74, 6) is 0.653. The van der Waals surface area contributed by atoms with Crippen molar-refractivity contribution in [2.24, 2.45) is 4.99 Å². The maximum Gasteiger partial charge on any atom is 0.162 e. The molecular formula is C12H12ClN5. The van der Waals surface area contributed by atoms with E-state index in [2.05, 4.69) is 31.5 Å². The maximum absolute atomic E-state index is 5.94. The third-order valence-corrected chi connectivity index (χ3v) is 2.52. The number of hydrogen-bond donors (Lipinski definition) is 1. The van der Waals surface area contributed by atoms with Crippen LogP contribution < -0.4 is 0 Å². The van der Waals surface area contributed by atoms with Crippen molar-refractivity contribution in [2.45, 2.75) is 13.8 Å². The van der Waals surface area contributed by atoms with Gasteiger partial charge in [-0.15, -0.1) is 0 Å². The van der Waals surface area contributed by atoms with Crippen LogP contribution in [0.5, 0.6) is 0 Å². The van der Waals surface area contributed by atoms with Gasteiger partial charge in [0.1, 0.15) is 17.7 Å². The van der Waals surface area contributed by atoms with Crippen LogP contribution >= 0.6 is 11.6 Å². The molecule has 0 fully saturated rings. The van der Waals surface area contributed by atoms with Gasteiger partial charge in [-0.3, -0.25) is 4.99 Å². The zero-order valence-corrected chi connectivity index (χ0v) is 10.9. The van der Waals surface area contributed by atoms with Gasteiger partial charge in [-0.05, 0) is 13.8 Å². The van der Waals surface area contributed by atoms with Gasteiger partial charge in [0.05, 0.1) is 0 Å². The van der Waals surface area contributed by atoms with Crippen LogP contribution in [0, 0.1) is 0 Å². The normalized spacial score (nSPS) is 12.5. The van der Waals surface area contributed by atoms with Gasteiger partial charge in [-0.25, -0.2) is 15.0 Å². The average Bonchev–Trinajstić information content (AvgIpc) is 2.75. The molecule has 0 aliphatic carbocycles. The number of aliphatic imine (C=N–C) groups is 1. The Morgan fingerprint density at radius 2 is 2.28 bits per heavy atom. The van der Waals surface area contributed by atoms with Gasteiger partial charge in [0, 0.05) is 17.5 Å². The molecule has 0 atom stereocenters. The van der Waals surface area contributed by atoms with Crippen LogP contribution in [0.1, 0.15) is 19.7 Å². The average molecular weight is 262 g/mol. The van der Waals surface area contributed by atoms with E-state index in [9.17, 15) is 0 Å². The Bertz CT molecular complexity index is 654. The first kappa shape index (κ1) is 12.4. The SMILES string of the molecule is C=C(C)/N=C\C(=C/C)c1nc2c(Cl)ncnc2[nH]1. The van der Waals surface area contributed by atoms with Crippen molar-refractivity contribution in [3.63, 3.8) is 0 Å². The lowest BCUT2D eigenvalue weighted by Gasteiger charge is -1.94. The molecular weight excluding hydrogens is 250 g/mol. The molecule has 2 heterocycles. The molecule has 1 N–H and O–H groups in total. The summed E-state index contributed by atoms with van der Waals surface area (Å²) in [5, 5.41) is 0.329. The topological polar surface area (TPSA) is 66.8 Å². The highest BCUT2D eigenvalue weighted by atomic mass is 35.5. The Morgan fingerprint density at radius 3 is 2.89 bits per heavy atom. The lowest BCUT2D eigenvalue weighted by molar-refractivity contribution is 1.20. The van der Waals surface area contributed by atoms with Gasteiger partial charge in [-0.2, -0.15) is 0 Å². The molecule has 2 aromatic rings. The number of halogens is 1. The number of rotatable bonds is 3. The predicted molar refractivity (Wildman–Crippen MR) is 73.7 cm³/mol. The number of nitrogens with one attached hydrogen (secondary N) is 1. The Morgan fingerprint density at radius 1 is 1.50 bits per heavy atom. The molecule has 6 heteroatoms. The van der Waals surface area contributed by atoms with Crippen molar-refractivity contribution in [3.05, 3.63) is 35.7 Å². The van der Waals surface area contributed by atoms with Crippen molar-refractivity contribution >= 4 is 34.6 Å². The van der Waals surface area contributed by atoms with E-state index in [1.54, 1.807) is 6.21 Å². The quantitative estimate of drug-likeness (QED) is 0.682. The number of nitrogens with zero attached hydrogens (tertiary/aromatic N) is 4. The van der Waals surface area contributed by atoms with Gasteiger partial charge < -0.3 is 4.98 Å². The summed E-state index contributed by atoms with van der Waals surface area (Å²) in [7, 11) is 0. The van der Waals surface area contributed by atoms with Crippen LogP contribution in [0.3, 0.4) is 0 Å². The number of aromatic amines is 1. The Hall–Kier alpha value is -2.01. The van der Waals surface area contributed by atoms with Gasteiger partial charge in [0.15, 0.2) is 10.8 Å². The zero-order chi connectivity index (χ0) is 13.1. The largest absolute Gasteiger partial charge is 0.322 e. The summed E-state index contributed by atoms with van der Waals surface area (Å²) in [6, 6.07) is 0. The van der Waals surface area contributed by atoms with E-state index in [1.165, 1.54) is 6.33 Å². The molecule has 0 aliphatic heterocycles. The van der Waals surface area contributed by atoms with Crippen LogP contribution in [0.2, 0.25) is 5.15 Å². The number of aromatic nitrogens is 4. The fourth-order valence-electron chi connectivity index (χ4n) is 1.39. The minimum Gasteiger partial charge on any atom is -0.322 e. The van der Waals surface area contributed by atoms with Crippen molar-refractivity contribution in [2.75, 3.05) is 0 Å². The number of H-pyrrole nitrogens is 1. The summed E-state index contributed by atoms with van der Waals surface area (Å²) >= 11 is 5.94. The molecule has 92 valence electrons. The van der Waals surface area contributed by atoms with Crippen LogP contribution in [-0.4, -0.2) is 26.2 Å². The van der Waals surface area contributed by atoms with Gasteiger partial charge in [0.2, 0.25) is 0 Å². The molecule has 0 unspecified atom stereocenters. The second-order valence-electron chi connectivity index (χ2n) is 3.68. The summed E-state index contributed by atoms with van der Waals surface area (Å²) in [6.45, 7) is 7.44. The van der Waals surface area contributed by atoms with E-state index < -0.39 is 0 Å². The minimum absolute atomic E-state index is 0.329. The highest BCUT2D eigenvalue weighted by Gasteiger charge is 2.09. The zero-order valence-electron chi connectivity index (χ0n) is 10.1. The standard InChI is InChI=1S/C12H12ClN5/c1-4-8(5-14-7(2)3)11-17-9-10(13)15-6-16-12(9)18-11/h4-6H,2H2,1,3H3,(H,15,16,17,18)/b8-4+,14-5-. The molecule has 18 heavy (non-hydrogen) atoms. The summed E-state index contributed by atoms with van der Waals surface area (Å²) < 4.78 is 0. The number of imidazole rings is 1. The van der Waals surface area contributed by atoms with Gasteiger partial charge >= 0.3 is 0 Å². The molecule has 0 amide bonds. The third kappa shape index (κ3) is 2.46.